The quantitative estimate of drug-likeness (QED) is 0.468. The summed E-state index contributed by atoms with van der Waals surface area (Å²) in [7, 11) is 3.18. The van der Waals surface area contributed by atoms with E-state index in [1.165, 1.54) is 11.1 Å². The van der Waals surface area contributed by atoms with Crippen molar-refractivity contribution < 1.29 is 14.3 Å². The lowest BCUT2D eigenvalue weighted by Gasteiger charge is -2.42. The Morgan fingerprint density at radius 3 is 1.89 bits per heavy atom. The first-order chi connectivity index (χ1) is 18.2. The number of ether oxygens (including phenoxy) is 2. The Morgan fingerprint density at radius 2 is 1.35 bits per heavy atom. The van der Waals surface area contributed by atoms with Crippen molar-refractivity contribution >= 4 is 5.91 Å². The van der Waals surface area contributed by atoms with E-state index in [0.717, 1.165) is 51.9 Å². The van der Waals surface area contributed by atoms with E-state index in [4.69, 9.17) is 9.47 Å². The fourth-order valence-corrected chi connectivity index (χ4v) is 5.85. The largest absolute Gasteiger partial charge is 0.481 e. The highest BCUT2D eigenvalue weighted by Crippen LogP contribution is 2.39. The van der Waals surface area contributed by atoms with Gasteiger partial charge in [-0.3, -0.25) is 9.69 Å². The van der Waals surface area contributed by atoms with Gasteiger partial charge in [-0.25, -0.2) is 0 Å². The van der Waals surface area contributed by atoms with Crippen LogP contribution in [0, 0.1) is 5.92 Å². The summed E-state index contributed by atoms with van der Waals surface area (Å²) in [5.41, 5.74) is 2.56. The molecule has 2 atom stereocenters. The zero-order valence-corrected chi connectivity index (χ0v) is 21.8. The number of aromatic nitrogens is 2. The molecular weight excluding hydrogens is 464 g/mol. The third kappa shape index (κ3) is 5.62. The minimum Gasteiger partial charge on any atom is -0.481 e. The first-order valence-electron chi connectivity index (χ1n) is 13.3. The van der Waals surface area contributed by atoms with Gasteiger partial charge < -0.3 is 14.4 Å². The van der Waals surface area contributed by atoms with Gasteiger partial charge in [0.15, 0.2) is 0 Å². The number of nitrogens with zero attached hydrogens (tertiary/aromatic N) is 4. The zero-order valence-electron chi connectivity index (χ0n) is 21.8. The first kappa shape index (κ1) is 25.2. The molecule has 37 heavy (non-hydrogen) atoms. The minimum absolute atomic E-state index is 0.0235. The van der Waals surface area contributed by atoms with Crippen molar-refractivity contribution in [1.82, 2.24) is 19.8 Å². The maximum Gasteiger partial charge on any atom is 0.226 e. The maximum absolute atomic E-state index is 13.9. The fraction of sp³-hybridized carbons (Fsp3) is 0.433. The molecule has 1 aliphatic heterocycles. The number of methoxy groups -OCH3 is 2. The monoisotopic (exact) mass is 500 g/mol. The number of benzene rings is 2. The number of hydrogen-bond acceptors (Lipinski definition) is 6. The second kappa shape index (κ2) is 11.7. The molecule has 1 aromatic heterocycles. The summed E-state index contributed by atoms with van der Waals surface area (Å²) < 4.78 is 10.8. The summed E-state index contributed by atoms with van der Waals surface area (Å²) in [6.07, 6.45) is 3.89. The van der Waals surface area contributed by atoms with Gasteiger partial charge in [0.2, 0.25) is 17.7 Å². The molecule has 2 heterocycles. The van der Waals surface area contributed by atoms with Gasteiger partial charge in [-0.15, -0.1) is 0 Å². The van der Waals surface area contributed by atoms with Crippen LogP contribution in [-0.4, -0.2) is 66.1 Å². The van der Waals surface area contributed by atoms with Crippen molar-refractivity contribution in [3.63, 3.8) is 0 Å². The molecule has 2 aliphatic rings. The average molecular weight is 501 g/mol. The number of piperazine rings is 1. The van der Waals surface area contributed by atoms with E-state index >= 15 is 0 Å². The predicted octanol–water partition coefficient (Wildman–Crippen LogP) is 4.70. The number of amides is 1. The van der Waals surface area contributed by atoms with Crippen molar-refractivity contribution in [1.29, 1.82) is 0 Å². The topological polar surface area (TPSA) is 67.8 Å². The van der Waals surface area contributed by atoms with E-state index in [1.54, 1.807) is 20.3 Å². The van der Waals surface area contributed by atoms with Crippen molar-refractivity contribution in [3.8, 4) is 11.8 Å². The lowest BCUT2D eigenvalue weighted by Crippen LogP contribution is -2.52. The van der Waals surface area contributed by atoms with E-state index in [1.807, 2.05) is 0 Å². The number of carbonyl (C=O) groups excluding carboxylic acids is 1. The molecule has 0 spiro atoms. The van der Waals surface area contributed by atoms with Crippen LogP contribution in [0.1, 0.15) is 54.6 Å². The van der Waals surface area contributed by atoms with Gasteiger partial charge in [0.25, 0.3) is 0 Å². The van der Waals surface area contributed by atoms with E-state index in [9.17, 15) is 4.79 Å². The van der Waals surface area contributed by atoms with Crippen molar-refractivity contribution in [3.05, 3.63) is 83.7 Å². The average Bonchev–Trinajstić information content (AvgIpc) is 2.98. The highest BCUT2D eigenvalue weighted by atomic mass is 16.5. The molecule has 1 amide bonds. The van der Waals surface area contributed by atoms with Crippen LogP contribution in [0.4, 0.5) is 0 Å². The summed E-state index contributed by atoms with van der Waals surface area (Å²) in [6, 6.07) is 23.2. The summed E-state index contributed by atoms with van der Waals surface area (Å²) in [4.78, 5) is 27.6. The Labute approximate surface area is 219 Å². The second-order valence-electron chi connectivity index (χ2n) is 9.89. The zero-order chi connectivity index (χ0) is 25.6. The second-order valence-corrected chi connectivity index (χ2v) is 9.89. The summed E-state index contributed by atoms with van der Waals surface area (Å²) >= 11 is 0. The lowest BCUT2D eigenvalue weighted by atomic mass is 9.77. The fourth-order valence-electron chi connectivity index (χ4n) is 5.85. The summed E-state index contributed by atoms with van der Waals surface area (Å²) in [5.74, 6) is 1.69. The standard InChI is InChI=1S/C30H36N4O3/c1-36-26-21-27(37-2)32-29(31-26)24-15-9-10-16-25(24)30(35)34-19-17-33(18-20-34)28(22-11-5-3-6-12-22)23-13-7-4-8-14-23/h3-8,11-14,21,24-25,28H,9-10,15-20H2,1-2H3/t24-,25+/m1/s1. The van der Waals surface area contributed by atoms with Crippen LogP contribution in [0.2, 0.25) is 0 Å². The Kier molecular flexibility index (Phi) is 7.99. The van der Waals surface area contributed by atoms with Crippen LogP contribution in [0.5, 0.6) is 11.8 Å². The first-order valence-corrected chi connectivity index (χ1v) is 13.3. The number of rotatable bonds is 7. The van der Waals surface area contributed by atoms with Crippen LogP contribution in [0.15, 0.2) is 66.7 Å². The Balaban J connectivity index is 1.31. The van der Waals surface area contributed by atoms with Crippen LogP contribution in [0.3, 0.4) is 0 Å². The van der Waals surface area contributed by atoms with Gasteiger partial charge in [-0.2, -0.15) is 9.97 Å². The van der Waals surface area contributed by atoms with Gasteiger partial charge in [-0.1, -0.05) is 73.5 Å². The van der Waals surface area contributed by atoms with Gasteiger partial charge in [0.1, 0.15) is 5.82 Å². The number of hydrogen-bond donors (Lipinski definition) is 0. The molecule has 7 heteroatoms. The SMILES string of the molecule is COc1cc(OC)nc([C@@H]2CCCC[C@@H]2C(=O)N2CCN(C(c3ccccc3)c3ccccc3)CC2)n1. The molecule has 1 saturated carbocycles. The van der Waals surface area contributed by atoms with Crippen LogP contribution < -0.4 is 9.47 Å². The van der Waals surface area contributed by atoms with Crippen LogP contribution in [-0.2, 0) is 4.79 Å². The molecule has 5 rings (SSSR count). The van der Waals surface area contributed by atoms with Crippen LogP contribution >= 0.6 is 0 Å². The predicted molar refractivity (Wildman–Crippen MR) is 143 cm³/mol. The van der Waals surface area contributed by atoms with Crippen LogP contribution in [0.25, 0.3) is 0 Å². The Bertz CT molecular complexity index is 1100. The molecule has 194 valence electrons. The van der Waals surface area contributed by atoms with E-state index in [-0.39, 0.29) is 23.8 Å². The maximum atomic E-state index is 13.9. The molecule has 3 aromatic rings. The van der Waals surface area contributed by atoms with Crippen molar-refractivity contribution in [2.24, 2.45) is 5.92 Å². The Morgan fingerprint density at radius 1 is 0.811 bits per heavy atom. The molecule has 2 aromatic carbocycles. The summed E-state index contributed by atoms with van der Waals surface area (Å²) in [5, 5.41) is 0. The van der Waals surface area contributed by atoms with Gasteiger partial charge in [0, 0.05) is 38.0 Å². The summed E-state index contributed by atoms with van der Waals surface area (Å²) in [6.45, 7) is 3.11. The van der Waals surface area contributed by atoms with Gasteiger partial charge in [0.05, 0.1) is 26.3 Å². The van der Waals surface area contributed by atoms with Gasteiger partial charge in [-0.05, 0) is 24.0 Å². The van der Waals surface area contributed by atoms with Crippen molar-refractivity contribution in [2.45, 2.75) is 37.6 Å². The normalized spacial score (nSPS) is 20.6. The highest BCUT2D eigenvalue weighted by molar-refractivity contribution is 5.80. The van der Waals surface area contributed by atoms with E-state index in [2.05, 4.69) is 80.4 Å². The molecule has 0 unspecified atom stereocenters. The van der Waals surface area contributed by atoms with Gasteiger partial charge >= 0.3 is 0 Å². The third-order valence-electron chi connectivity index (χ3n) is 7.75. The number of carbonyl (C=O) groups is 1. The molecule has 1 saturated heterocycles. The van der Waals surface area contributed by atoms with E-state index < -0.39 is 0 Å². The minimum atomic E-state index is -0.115. The smallest absolute Gasteiger partial charge is 0.226 e. The molecule has 2 fully saturated rings. The third-order valence-corrected chi connectivity index (χ3v) is 7.75. The highest BCUT2D eigenvalue weighted by Gasteiger charge is 2.38. The van der Waals surface area contributed by atoms with Crippen molar-refractivity contribution in [2.75, 3.05) is 40.4 Å². The molecule has 0 N–H and O–H groups in total. The molecule has 0 bridgehead atoms. The molecule has 0 radical (unpaired) electrons. The van der Waals surface area contributed by atoms with E-state index in [0.29, 0.717) is 17.6 Å². The molecular formula is C30H36N4O3. The molecule has 7 nitrogen and oxygen atoms in total. The Hall–Kier alpha value is -3.45. The molecule has 1 aliphatic carbocycles. The lowest BCUT2D eigenvalue weighted by molar-refractivity contribution is -0.139.